The minimum atomic E-state index is -0.741. The predicted octanol–water partition coefficient (Wildman–Crippen LogP) is 5.04. The number of imidazole rings is 1. The van der Waals surface area contributed by atoms with Crippen LogP contribution < -0.4 is 0 Å². The Balaban J connectivity index is 1.77. The van der Waals surface area contributed by atoms with Crippen LogP contribution in [0.5, 0.6) is 0 Å². The van der Waals surface area contributed by atoms with Crippen LogP contribution >= 0.6 is 0 Å². The normalized spacial score (nSPS) is 13.0. The third kappa shape index (κ3) is 4.85. The van der Waals surface area contributed by atoms with Crippen LogP contribution in [0.1, 0.15) is 38.9 Å². The largest absolute Gasteiger partial charge is 0.422 e. The second kappa shape index (κ2) is 9.60. The van der Waals surface area contributed by atoms with Crippen molar-refractivity contribution in [2.24, 2.45) is 5.92 Å². The Bertz CT molecular complexity index is 1300. The van der Waals surface area contributed by atoms with Crippen LogP contribution in [0.25, 0.3) is 33.9 Å². The van der Waals surface area contributed by atoms with E-state index in [4.69, 9.17) is 9.15 Å². The number of aromatic amines is 1. The molecule has 1 atom stereocenters. The van der Waals surface area contributed by atoms with Crippen LogP contribution in [-0.4, -0.2) is 45.4 Å². The zero-order valence-corrected chi connectivity index (χ0v) is 19.7. The first-order chi connectivity index (χ1) is 16.2. The lowest BCUT2D eigenvalue weighted by Crippen LogP contribution is -2.23. The van der Waals surface area contributed by atoms with Crippen molar-refractivity contribution in [1.29, 1.82) is 0 Å². The number of benzene rings is 1. The molecule has 9 heteroatoms. The fourth-order valence-electron chi connectivity index (χ4n) is 3.64. The molecular formula is C25H28F2N4O3. The molecule has 0 spiro atoms. The van der Waals surface area contributed by atoms with Crippen molar-refractivity contribution in [3.63, 3.8) is 0 Å². The summed E-state index contributed by atoms with van der Waals surface area (Å²) in [7, 11) is 1.67. The lowest BCUT2D eigenvalue weighted by atomic mass is 9.94. The minimum absolute atomic E-state index is 0.125. The molecule has 0 aliphatic rings. The van der Waals surface area contributed by atoms with Gasteiger partial charge in [0.2, 0.25) is 5.71 Å². The molecule has 0 saturated carbocycles. The van der Waals surface area contributed by atoms with Crippen molar-refractivity contribution in [1.82, 2.24) is 19.9 Å². The Labute approximate surface area is 196 Å². The van der Waals surface area contributed by atoms with Gasteiger partial charge in [0.1, 0.15) is 28.7 Å². The lowest BCUT2D eigenvalue weighted by Gasteiger charge is -2.18. The van der Waals surface area contributed by atoms with E-state index in [0.717, 1.165) is 12.5 Å². The summed E-state index contributed by atoms with van der Waals surface area (Å²) in [5, 5.41) is 9.82. The first-order valence-electron chi connectivity index (χ1n) is 11.1. The number of nitrogens with zero attached hydrogens (tertiary/aromatic N) is 3. The van der Waals surface area contributed by atoms with Gasteiger partial charge in [0.25, 0.3) is 0 Å². The van der Waals surface area contributed by atoms with Crippen molar-refractivity contribution in [2.45, 2.75) is 39.0 Å². The number of hydrogen-bond acceptors (Lipinski definition) is 6. The number of nitrogens with one attached hydrogen (secondary N) is 1. The molecule has 4 aromatic rings. The lowest BCUT2D eigenvalue weighted by molar-refractivity contribution is 0.178. The molecule has 2 N–H and O–H groups in total. The number of ether oxygens (including phenoxy) is 1. The van der Waals surface area contributed by atoms with Gasteiger partial charge in [0.05, 0.1) is 18.0 Å². The van der Waals surface area contributed by atoms with Gasteiger partial charge in [0.15, 0.2) is 5.89 Å². The zero-order valence-electron chi connectivity index (χ0n) is 19.7. The number of rotatable bonds is 9. The highest BCUT2D eigenvalue weighted by molar-refractivity contribution is 5.80. The van der Waals surface area contributed by atoms with E-state index < -0.39 is 17.0 Å². The third-order valence-electron chi connectivity index (χ3n) is 5.82. The molecule has 34 heavy (non-hydrogen) atoms. The number of hydrogen-bond donors (Lipinski definition) is 2. The average Bonchev–Trinajstić information content (AvgIpc) is 3.41. The molecule has 7 nitrogen and oxygen atoms in total. The second-order valence-corrected chi connectivity index (χ2v) is 9.19. The Morgan fingerprint density at radius 2 is 1.94 bits per heavy atom. The molecule has 0 unspecified atom stereocenters. The molecule has 0 bridgehead atoms. The maximum absolute atomic E-state index is 14.7. The van der Waals surface area contributed by atoms with Crippen LogP contribution in [0.4, 0.5) is 8.78 Å². The standard InChI is InChI=1S/C25H28F2N4O3/c1-14(9-10-33-4)11-20-28-19-8-7-18(29-23(19)34-20)22-21(16-6-5-15(26)12-17(16)27)30-24(31-22)25(2,3)13-32/h5-8,12,14,32H,9-11,13H2,1-4H3,(H,30,31)/t14-/m0/s1. The van der Waals surface area contributed by atoms with Crippen LogP contribution in [0.15, 0.2) is 34.7 Å². The smallest absolute Gasteiger partial charge is 0.247 e. The molecule has 0 fully saturated rings. The summed E-state index contributed by atoms with van der Waals surface area (Å²) >= 11 is 0. The molecule has 1 aromatic carbocycles. The fourth-order valence-corrected chi connectivity index (χ4v) is 3.64. The summed E-state index contributed by atoms with van der Waals surface area (Å²) in [6.45, 7) is 6.21. The molecule has 0 radical (unpaired) electrons. The number of pyridine rings is 1. The number of aliphatic hydroxyl groups is 1. The number of fused-ring (bicyclic) bond motifs is 1. The molecule has 0 aliphatic carbocycles. The average molecular weight is 471 g/mol. The van der Waals surface area contributed by atoms with Gasteiger partial charge < -0.3 is 19.2 Å². The number of H-pyrrole nitrogens is 1. The number of halogens is 2. The molecule has 4 rings (SSSR count). The van der Waals surface area contributed by atoms with Gasteiger partial charge >= 0.3 is 0 Å². The van der Waals surface area contributed by atoms with E-state index >= 15 is 0 Å². The maximum Gasteiger partial charge on any atom is 0.247 e. The Hall–Kier alpha value is -3.17. The van der Waals surface area contributed by atoms with Crippen molar-refractivity contribution in [3.8, 4) is 22.6 Å². The van der Waals surface area contributed by atoms with Crippen molar-refractivity contribution < 1.29 is 23.0 Å². The van der Waals surface area contributed by atoms with Gasteiger partial charge in [-0.3, -0.25) is 0 Å². The van der Waals surface area contributed by atoms with Gasteiger partial charge in [-0.05, 0) is 36.6 Å². The Kier molecular flexibility index (Phi) is 6.77. The van der Waals surface area contributed by atoms with Crippen LogP contribution in [-0.2, 0) is 16.6 Å². The molecular weight excluding hydrogens is 442 g/mol. The van der Waals surface area contributed by atoms with E-state index in [1.54, 1.807) is 19.2 Å². The second-order valence-electron chi connectivity index (χ2n) is 9.19. The van der Waals surface area contributed by atoms with Gasteiger partial charge in [-0.2, -0.15) is 0 Å². The molecule has 180 valence electrons. The minimum Gasteiger partial charge on any atom is -0.422 e. The third-order valence-corrected chi connectivity index (χ3v) is 5.82. The summed E-state index contributed by atoms with van der Waals surface area (Å²) in [6, 6.07) is 6.86. The van der Waals surface area contributed by atoms with Gasteiger partial charge in [0, 0.05) is 37.2 Å². The van der Waals surface area contributed by atoms with Crippen molar-refractivity contribution in [2.75, 3.05) is 20.3 Å². The molecule has 0 saturated heterocycles. The molecule has 3 heterocycles. The predicted molar refractivity (Wildman–Crippen MR) is 124 cm³/mol. The number of methoxy groups -OCH3 is 1. The zero-order chi connectivity index (χ0) is 24.5. The first kappa shape index (κ1) is 24.0. The summed E-state index contributed by atoms with van der Waals surface area (Å²) in [5.41, 5.74) is 1.56. The Morgan fingerprint density at radius 3 is 2.65 bits per heavy atom. The van der Waals surface area contributed by atoms with Crippen LogP contribution in [0.2, 0.25) is 0 Å². The molecule has 0 aliphatic heterocycles. The van der Waals surface area contributed by atoms with E-state index in [0.29, 0.717) is 53.3 Å². The van der Waals surface area contributed by atoms with Crippen LogP contribution in [0.3, 0.4) is 0 Å². The van der Waals surface area contributed by atoms with E-state index in [1.165, 1.54) is 12.1 Å². The number of aliphatic hydroxyl groups excluding tert-OH is 1. The van der Waals surface area contributed by atoms with Crippen molar-refractivity contribution >= 4 is 11.2 Å². The fraction of sp³-hybridized carbons (Fsp3) is 0.400. The van der Waals surface area contributed by atoms with E-state index in [1.807, 2.05) is 13.8 Å². The highest BCUT2D eigenvalue weighted by Gasteiger charge is 2.28. The highest BCUT2D eigenvalue weighted by atomic mass is 19.1. The summed E-state index contributed by atoms with van der Waals surface area (Å²) in [6.07, 6.45) is 1.54. The number of aromatic nitrogens is 4. The SMILES string of the molecule is COCC[C@H](C)Cc1nc2ccc(-c3[nH]c(C(C)(C)CO)nc3-c3ccc(F)cc3F)nc2o1. The maximum atomic E-state index is 14.7. The van der Waals surface area contributed by atoms with Crippen LogP contribution in [0, 0.1) is 17.6 Å². The monoisotopic (exact) mass is 470 g/mol. The summed E-state index contributed by atoms with van der Waals surface area (Å²) in [5.74, 6) is -0.0519. The van der Waals surface area contributed by atoms with E-state index in [-0.39, 0.29) is 17.9 Å². The quantitative estimate of drug-likeness (QED) is 0.356. The summed E-state index contributed by atoms with van der Waals surface area (Å²) < 4.78 is 39.3. The van der Waals surface area contributed by atoms with Gasteiger partial charge in [-0.15, -0.1) is 0 Å². The highest BCUT2D eigenvalue weighted by Crippen LogP contribution is 2.35. The van der Waals surface area contributed by atoms with Gasteiger partial charge in [-0.1, -0.05) is 20.8 Å². The van der Waals surface area contributed by atoms with E-state index in [2.05, 4.69) is 26.9 Å². The van der Waals surface area contributed by atoms with Crippen molar-refractivity contribution in [3.05, 3.63) is 53.7 Å². The van der Waals surface area contributed by atoms with Gasteiger partial charge in [-0.25, -0.2) is 23.7 Å². The first-order valence-corrected chi connectivity index (χ1v) is 11.1. The topological polar surface area (TPSA) is 97.1 Å². The summed E-state index contributed by atoms with van der Waals surface area (Å²) in [4.78, 5) is 16.9. The molecule has 3 aromatic heterocycles. The van der Waals surface area contributed by atoms with E-state index in [9.17, 15) is 13.9 Å². The number of oxazole rings is 1. The Morgan fingerprint density at radius 1 is 1.15 bits per heavy atom. The molecule has 0 amide bonds.